The van der Waals surface area contributed by atoms with Crippen LogP contribution in [-0.2, 0) is 11.3 Å². The Morgan fingerprint density at radius 3 is 2.50 bits per heavy atom. The molecule has 0 aromatic heterocycles. The van der Waals surface area contributed by atoms with Crippen molar-refractivity contribution in [2.45, 2.75) is 33.7 Å². The van der Waals surface area contributed by atoms with Gasteiger partial charge in [0, 0.05) is 19.5 Å². The van der Waals surface area contributed by atoms with Crippen LogP contribution in [-0.4, -0.2) is 30.4 Å². The highest BCUT2D eigenvalue weighted by Crippen LogP contribution is 2.06. The van der Waals surface area contributed by atoms with Crippen LogP contribution in [0.4, 0.5) is 0 Å². The van der Waals surface area contributed by atoms with Crippen molar-refractivity contribution in [2.75, 3.05) is 19.6 Å². The average Bonchev–Trinajstić information content (AvgIpc) is 2.39. The van der Waals surface area contributed by atoms with Crippen molar-refractivity contribution in [3.63, 3.8) is 0 Å². The zero-order valence-corrected chi connectivity index (χ0v) is 11.7. The molecule has 0 radical (unpaired) electrons. The van der Waals surface area contributed by atoms with Crippen molar-refractivity contribution in [3.05, 3.63) is 35.4 Å². The SMILES string of the molecule is CCN(CC)CCC(=O)NCc1ccccc1C. The third-order valence-electron chi connectivity index (χ3n) is 3.29. The molecule has 0 fully saturated rings. The molecule has 0 saturated heterocycles. The van der Waals surface area contributed by atoms with Crippen LogP contribution in [0.3, 0.4) is 0 Å². The molecule has 0 saturated carbocycles. The summed E-state index contributed by atoms with van der Waals surface area (Å²) in [6, 6.07) is 8.14. The van der Waals surface area contributed by atoms with E-state index in [9.17, 15) is 4.79 Å². The lowest BCUT2D eigenvalue weighted by molar-refractivity contribution is -0.121. The molecule has 1 aromatic rings. The van der Waals surface area contributed by atoms with Gasteiger partial charge in [0.15, 0.2) is 0 Å². The largest absolute Gasteiger partial charge is 0.352 e. The molecule has 0 spiro atoms. The molecule has 18 heavy (non-hydrogen) atoms. The molecule has 3 heteroatoms. The van der Waals surface area contributed by atoms with E-state index >= 15 is 0 Å². The van der Waals surface area contributed by atoms with Crippen LogP contribution in [0.1, 0.15) is 31.4 Å². The van der Waals surface area contributed by atoms with Crippen LogP contribution in [0.15, 0.2) is 24.3 Å². The number of hydrogen-bond acceptors (Lipinski definition) is 2. The highest BCUT2D eigenvalue weighted by atomic mass is 16.1. The summed E-state index contributed by atoms with van der Waals surface area (Å²) in [4.78, 5) is 14.0. The van der Waals surface area contributed by atoms with Crippen molar-refractivity contribution >= 4 is 5.91 Å². The third-order valence-corrected chi connectivity index (χ3v) is 3.29. The number of carbonyl (C=O) groups excluding carboxylic acids is 1. The molecule has 0 bridgehead atoms. The molecule has 1 N–H and O–H groups in total. The number of nitrogens with one attached hydrogen (secondary N) is 1. The highest BCUT2D eigenvalue weighted by molar-refractivity contribution is 5.76. The van der Waals surface area contributed by atoms with E-state index < -0.39 is 0 Å². The van der Waals surface area contributed by atoms with Crippen LogP contribution in [0.5, 0.6) is 0 Å². The van der Waals surface area contributed by atoms with E-state index in [4.69, 9.17) is 0 Å². The second-order valence-corrected chi connectivity index (χ2v) is 4.48. The van der Waals surface area contributed by atoms with Gasteiger partial charge in [0.1, 0.15) is 0 Å². The summed E-state index contributed by atoms with van der Waals surface area (Å²) in [5.41, 5.74) is 2.41. The number of nitrogens with zero attached hydrogens (tertiary/aromatic N) is 1. The van der Waals surface area contributed by atoms with Crippen molar-refractivity contribution in [2.24, 2.45) is 0 Å². The van der Waals surface area contributed by atoms with E-state index in [-0.39, 0.29) is 5.91 Å². The predicted octanol–water partition coefficient (Wildman–Crippen LogP) is 2.34. The van der Waals surface area contributed by atoms with Gasteiger partial charge in [-0.05, 0) is 31.1 Å². The Bertz CT molecular complexity index is 373. The first-order chi connectivity index (χ1) is 8.67. The van der Waals surface area contributed by atoms with E-state index in [1.807, 2.05) is 12.1 Å². The molecular weight excluding hydrogens is 224 g/mol. The Hall–Kier alpha value is -1.35. The summed E-state index contributed by atoms with van der Waals surface area (Å²) < 4.78 is 0. The maximum Gasteiger partial charge on any atom is 0.221 e. The van der Waals surface area contributed by atoms with Gasteiger partial charge in [0.2, 0.25) is 5.91 Å². The standard InChI is InChI=1S/C15H24N2O/c1-4-17(5-2)11-10-15(18)16-12-14-9-7-6-8-13(14)3/h6-9H,4-5,10-12H2,1-3H3,(H,16,18). The highest BCUT2D eigenvalue weighted by Gasteiger charge is 2.05. The summed E-state index contributed by atoms with van der Waals surface area (Å²) in [5.74, 6) is 0.130. The van der Waals surface area contributed by atoms with Crippen LogP contribution >= 0.6 is 0 Å². The number of rotatable bonds is 7. The number of carbonyl (C=O) groups is 1. The Balaban J connectivity index is 2.31. The number of benzene rings is 1. The molecule has 0 aliphatic heterocycles. The lowest BCUT2D eigenvalue weighted by Crippen LogP contribution is -2.30. The first-order valence-corrected chi connectivity index (χ1v) is 6.71. The molecule has 0 aliphatic carbocycles. The van der Waals surface area contributed by atoms with Gasteiger partial charge < -0.3 is 10.2 Å². The van der Waals surface area contributed by atoms with Crippen LogP contribution < -0.4 is 5.32 Å². The fourth-order valence-corrected chi connectivity index (χ4v) is 1.89. The van der Waals surface area contributed by atoms with Crippen molar-refractivity contribution < 1.29 is 4.79 Å². The van der Waals surface area contributed by atoms with Gasteiger partial charge in [-0.2, -0.15) is 0 Å². The minimum Gasteiger partial charge on any atom is -0.352 e. The zero-order valence-electron chi connectivity index (χ0n) is 11.7. The molecule has 0 heterocycles. The molecule has 0 aliphatic rings. The quantitative estimate of drug-likeness (QED) is 0.803. The zero-order chi connectivity index (χ0) is 13.4. The van der Waals surface area contributed by atoms with Crippen molar-refractivity contribution in [3.8, 4) is 0 Å². The maximum absolute atomic E-state index is 11.7. The maximum atomic E-state index is 11.7. The van der Waals surface area contributed by atoms with Gasteiger partial charge >= 0.3 is 0 Å². The minimum atomic E-state index is 0.130. The minimum absolute atomic E-state index is 0.130. The van der Waals surface area contributed by atoms with Gasteiger partial charge in [-0.25, -0.2) is 0 Å². The van der Waals surface area contributed by atoms with E-state index in [2.05, 4.69) is 43.1 Å². The third kappa shape index (κ3) is 4.88. The lowest BCUT2D eigenvalue weighted by Gasteiger charge is -2.17. The second-order valence-electron chi connectivity index (χ2n) is 4.48. The predicted molar refractivity (Wildman–Crippen MR) is 75.4 cm³/mol. The average molecular weight is 248 g/mol. The molecule has 0 unspecified atom stereocenters. The lowest BCUT2D eigenvalue weighted by atomic mass is 10.1. The fourth-order valence-electron chi connectivity index (χ4n) is 1.89. The number of aryl methyl sites for hydroxylation is 1. The van der Waals surface area contributed by atoms with E-state index in [1.54, 1.807) is 0 Å². The summed E-state index contributed by atoms with van der Waals surface area (Å²) in [7, 11) is 0. The van der Waals surface area contributed by atoms with Crippen LogP contribution in [0, 0.1) is 6.92 Å². The van der Waals surface area contributed by atoms with Crippen molar-refractivity contribution in [1.82, 2.24) is 10.2 Å². The molecule has 3 nitrogen and oxygen atoms in total. The van der Waals surface area contributed by atoms with Crippen LogP contribution in [0.2, 0.25) is 0 Å². The van der Waals surface area contributed by atoms with Gasteiger partial charge in [0.05, 0.1) is 0 Å². The molecule has 1 rings (SSSR count). The first-order valence-electron chi connectivity index (χ1n) is 6.71. The topological polar surface area (TPSA) is 32.3 Å². The summed E-state index contributed by atoms with van der Waals surface area (Å²) in [6.07, 6.45) is 0.577. The number of hydrogen-bond donors (Lipinski definition) is 1. The summed E-state index contributed by atoms with van der Waals surface area (Å²) in [6.45, 7) is 9.78. The Morgan fingerprint density at radius 1 is 1.22 bits per heavy atom. The van der Waals surface area contributed by atoms with Gasteiger partial charge in [-0.1, -0.05) is 38.1 Å². The summed E-state index contributed by atoms with van der Waals surface area (Å²) >= 11 is 0. The fraction of sp³-hybridized carbons (Fsp3) is 0.533. The van der Waals surface area contributed by atoms with E-state index in [1.165, 1.54) is 11.1 Å². The second kappa shape index (κ2) is 7.88. The van der Waals surface area contributed by atoms with E-state index in [0.717, 1.165) is 19.6 Å². The Morgan fingerprint density at radius 2 is 1.89 bits per heavy atom. The first kappa shape index (κ1) is 14.7. The van der Waals surface area contributed by atoms with Crippen molar-refractivity contribution in [1.29, 1.82) is 0 Å². The van der Waals surface area contributed by atoms with E-state index in [0.29, 0.717) is 13.0 Å². The molecule has 100 valence electrons. The Labute approximate surface area is 110 Å². The van der Waals surface area contributed by atoms with Crippen LogP contribution in [0.25, 0.3) is 0 Å². The van der Waals surface area contributed by atoms with Gasteiger partial charge in [0.25, 0.3) is 0 Å². The Kier molecular flexibility index (Phi) is 6.44. The normalized spacial score (nSPS) is 10.7. The smallest absolute Gasteiger partial charge is 0.221 e. The molecule has 0 atom stereocenters. The molecular formula is C15H24N2O. The van der Waals surface area contributed by atoms with Gasteiger partial charge in [-0.3, -0.25) is 4.79 Å². The molecule has 1 amide bonds. The van der Waals surface area contributed by atoms with Gasteiger partial charge in [-0.15, -0.1) is 0 Å². The monoisotopic (exact) mass is 248 g/mol. The number of amides is 1. The summed E-state index contributed by atoms with van der Waals surface area (Å²) in [5, 5.41) is 2.98. The molecule has 1 aromatic carbocycles.